The molecular weight excluding hydrogens is 308 g/mol. The maximum atomic E-state index is 12.4. The van der Waals surface area contributed by atoms with Gasteiger partial charge in [-0.3, -0.25) is 9.78 Å². The Bertz CT molecular complexity index is 644. The van der Waals surface area contributed by atoms with Crippen LogP contribution in [-0.2, 0) is 0 Å². The number of amides is 1. The Morgan fingerprint density at radius 1 is 1.30 bits per heavy atom. The summed E-state index contributed by atoms with van der Waals surface area (Å²) in [7, 11) is 0. The Morgan fingerprint density at radius 2 is 2.04 bits per heavy atom. The number of nitrogens with zero attached hydrogens (tertiary/aromatic N) is 1. The maximum absolute atomic E-state index is 12.4. The summed E-state index contributed by atoms with van der Waals surface area (Å²) in [5.41, 5.74) is 2.65. The van der Waals surface area contributed by atoms with Crippen molar-refractivity contribution in [2.45, 2.75) is 31.2 Å². The predicted octanol–water partition coefficient (Wildman–Crippen LogP) is 3.36. The van der Waals surface area contributed by atoms with Crippen molar-refractivity contribution in [1.29, 1.82) is 0 Å². The fourth-order valence-corrected chi connectivity index (χ4v) is 2.90. The summed E-state index contributed by atoms with van der Waals surface area (Å²) in [5.74, 6) is 0.557. The first-order chi connectivity index (χ1) is 11.1. The predicted molar refractivity (Wildman–Crippen MR) is 93.7 cm³/mol. The molecule has 5 heteroatoms. The lowest BCUT2D eigenvalue weighted by molar-refractivity contribution is 0.0934. The second-order valence-electron chi connectivity index (χ2n) is 5.29. The number of hydrogen-bond donors (Lipinski definition) is 2. The van der Waals surface area contributed by atoms with Gasteiger partial charge in [-0.05, 0) is 55.3 Å². The van der Waals surface area contributed by atoms with Crippen molar-refractivity contribution in [2.24, 2.45) is 0 Å². The highest BCUT2D eigenvalue weighted by Gasteiger charge is 2.15. The van der Waals surface area contributed by atoms with Crippen molar-refractivity contribution in [3.63, 3.8) is 0 Å². The molecule has 2 rings (SSSR count). The molecule has 1 atom stereocenters. The lowest BCUT2D eigenvalue weighted by atomic mass is 10.1. The lowest BCUT2D eigenvalue weighted by Gasteiger charge is -2.17. The van der Waals surface area contributed by atoms with E-state index in [0.29, 0.717) is 11.3 Å². The number of aromatic nitrogens is 1. The van der Waals surface area contributed by atoms with Gasteiger partial charge in [-0.1, -0.05) is 6.92 Å². The zero-order chi connectivity index (χ0) is 16.7. The number of carbonyl (C=O) groups is 1. The van der Waals surface area contributed by atoms with Crippen LogP contribution in [0.2, 0.25) is 0 Å². The molecule has 23 heavy (non-hydrogen) atoms. The van der Waals surface area contributed by atoms with E-state index >= 15 is 0 Å². The van der Waals surface area contributed by atoms with E-state index in [2.05, 4.69) is 10.3 Å². The van der Waals surface area contributed by atoms with Gasteiger partial charge < -0.3 is 10.4 Å². The Labute approximate surface area is 141 Å². The van der Waals surface area contributed by atoms with E-state index in [-0.39, 0.29) is 18.6 Å². The molecule has 1 heterocycles. The van der Waals surface area contributed by atoms with Gasteiger partial charge in [0.15, 0.2) is 0 Å². The van der Waals surface area contributed by atoms with Gasteiger partial charge in [0, 0.05) is 22.4 Å². The molecule has 0 saturated heterocycles. The van der Waals surface area contributed by atoms with Crippen molar-refractivity contribution < 1.29 is 9.90 Å². The van der Waals surface area contributed by atoms with Crippen molar-refractivity contribution in [3.8, 4) is 0 Å². The fourth-order valence-electron chi connectivity index (χ4n) is 2.24. The van der Waals surface area contributed by atoms with Crippen LogP contribution in [0.1, 0.15) is 41.0 Å². The quantitative estimate of drug-likeness (QED) is 0.764. The smallest absolute Gasteiger partial charge is 0.251 e. The van der Waals surface area contributed by atoms with E-state index in [9.17, 15) is 4.79 Å². The minimum atomic E-state index is -0.0983. The summed E-state index contributed by atoms with van der Waals surface area (Å²) in [4.78, 5) is 17.8. The molecule has 2 aromatic rings. The molecule has 0 aliphatic carbocycles. The third-order valence-electron chi connectivity index (χ3n) is 3.48. The summed E-state index contributed by atoms with van der Waals surface area (Å²) in [6, 6.07) is 11.3. The molecule has 0 saturated carbocycles. The van der Waals surface area contributed by atoms with Gasteiger partial charge in [0.25, 0.3) is 5.91 Å². The minimum absolute atomic E-state index is 0.0918. The van der Waals surface area contributed by atoms with E-state index in [4.69, 9.17) is 5.11 Å². The first kappa shape index (κ1) is 17.5. The van der Waals surface area contributed by atoms with Crippen LogP contribution in [0.4, 0.5) is 0 Å². The van der Waals surface area contributed by atoms with Crippen LogP contribution in [0.5, 0.6) is 0 Å². The number of nitrogens with one attached hydrogen (secondary N) is 1. The molecule has 1 aromatic carbocycles. The van der Waals surface area contributed by atoms with Crippen LogP contribution in [0.25, 0.3) is 0 Å². The molecule has 4 nitrogen and oxygen atoms in total. The number of pyridine rings is 1. The van der Waals surface area contributed by atoms with E-state index in [1.54, 1.807) is 18.0 Å². The van der Waals surface area contributed by atoms with Crippen LogP contribution in [0.3, 0.4) is 0 Å². The fraction of sp³-hybridized carbons (Fsp3) is 0.333. The lowest BCUT2D eigenvalue weighted by Crippen LogP contribution is -2.28. The van der Waals surface area contributed by atoms with Crippen LogP contribution in [0, 0.1) is 6.92 Å². The zero-order valence-electron chi connectivity index (χ0n) is 13.5. The van der Waals surface area contributed by atoms with Crippen molar-refractivity contribution in [1.82, 2.24) is 10.3 Å². The van der Waals surface area contributed by atoms with Gasteiger partial charge in [-0.15, -0.1) is 11.8 Å². The number of aliphatic hydroxyl groups is 1. The highest BCUT2D eigenvalue weighted by atomic mass is 32.2. The van der Waals surface area contributed by atoms with E-state index in [1.165, 1.54) is 0 Å². The van der Waals surface area contributed by atoms with Crippen molar-refractivity contribution in [3.05, 3.63) is 59.4 Å². The van der Waals surface area contributed by atoms with Crippen LogP contribution in [-0.4, -0.2) is 28.4 Å². The molecule has 0 bridgehead atoms. The summed E-state index contributed by atoms with van der Waals surface area (Å²) in [6.45, 7) is 4.20. The van der Waals surface area contributed by atoms with Crippen molar-refractivity contribution >= 4 is 17.7 Å². The largest absolute Gasteiger partial charge is 0.396 e. The number of benzene rings is 1. The van der Waals surface area contributed by atoms with Gasteiger partial charge in [0.1, 0.15) is 0 Å². The van der Waals surface area contributed by atoms with Crippen molar-refractivity contribution in [2.75, 3.05) is 12.4 Å². The van der Waals surface area contributed by atoms with Gasteiger partial charge in [-0.25, -0.2) is 0 Å². The normalized spacial score (nSPS) is 12.0. The standard InChI is InChI=1S/C18H22N2O2S/c1-3-16(17-12-13(2)8-9-19-17)20-18(22)14-4-6-15(7-5-14)23-11-10-21/h4-9,12,16,21H,3,10-11H2,1-2H3,(H,20,22). The van der Waals surface area contributed by atoms with E-state index < -0.39 is 0 Å². The molecule has 2 N–H and O–H groups in total. The van der Waals surface area contributed by atoms with Gasteiger partial charge in [0.05, 0.1) is 18.3 Å². The van der Waals surface area contributed by atoms with Gasteiger partial charge >= 0.3 is 0 Å². The number of rotatable bonds is 7. The molecule has 1 amide bonds. The highest BCUT2D eigenvalue weighted by Crippen LogP contribution is 2.19. The summed E-state index contributed by atoms with van der Waals surface area (Å²) >= 11 is 1.57. The average Bonchev–Trinajstić information content (AvgIpc) is 2.58. The third-order valence-corrected chi connectivity index (χ3v) is 4.48. The Balaban J connectivity index is 2.04. The molecular formula is C18H22N2O2S. The molecule has 0 radical (unpaired) electrons. The van der Waals surface area contributed by atoms with Crippen LogP contribution >= 0.6 is 11.8 Å². The molecule has 122 valence electrons. The highest BCUT2D eigenvalue weighted by molar-refractivity contribution is 7.99. The molecule has 1 unspecified atom stereocenters. The first-order valence-electron chi connectivity index (χ1n) is 7.71. The monoisotopic (exact) mass is 330 g/mol. The average molecular weight is 330 g/mol. The summed E-state index contributed by atoms with van der Waals surface area (Å²) < 4.78 is 0. The first-order valence-corrected chi connectivity index (χ1v) is 8.69. The number of aliphatic hydroxyl groups excluding tert-OH is 1. The third kappa shape index (κ3) is 5.08. The van der Waals surface area contributed by atoms with Gasteiger partial charge in [-0.2, -0.15) is 0 Å². The minimum Gasteiger partial charge on any atom is -0.396 e. The molecule has 0 aliphatic rings. The van der Waals surface area contributed by atoms with Crippen LogP contribution < -0.4 is 5.32 Å². The number of thioether (sulfide) groups is 1. The summed E-state index contributed by atoms with van der Waals surface area (Å²) in [6.07, 6.45) is 2.55. The van der Waals surface area contributed by atoms with E-state index in [0.717, 1.165) is 22.6 Å². The molecule has 0 aliphatic heterocycles. The second-order valence-corrected chi connectivity index (χ2v) is 6.46. The Morgan fingerprint density at radius 3 is 2.65 bits per heavy atom. The number of hydrogen-bond acceptors (Lipinski definition) is 4. The Kier molecular flexibility index (Phi) is 6.62. The number of aryl methyl sites for hydroxylation is 1. The maximum Gasteiger partial charge on any atom is 0.251 e. The molecule has 0 fully saturated rings. The van der Waals surface area contributed by atoms with Gasteiger partial charge in [0.2, 0.25) is 0 Å². The molecule has 1 aromatic heterocycles. The second kappa shape index (κ2) is 8.70. The van der Waals surface area contributed by atoms with Crippen LogP contribution in [0.15, 0.2) is 47.5 Å². The zero-order valence-corrected chi connectivity index (χ0v) is 14.3. The van der Waals surface area contributed by atoms with E-state index in [1.807, 2.05) is 50.2 Å². The summed E-state index contributed by atoms with van der Waals surface area (Å²) in [5, 5.41) is 11.9. The molecule has 0 spiro atoms. The number of carbonyl (C=O) groups excluding carboxylic acids is 1. The topological polar surface area (TPSA) is 62.2 Å². The SMILES string of the molecule is CCC(NC(=O)c1ccc(SCCO)cc1)c1cc(C)ccn1. The Hall–Kier alpha value is -1.85.